The zero-order valence-corrected chi connectivity index (χ0v) is 14.9. The summed E-state index contributed by atoms with van der Waals surface area (Å²) in [5, 5.41) is 12.5. The molecule has 1 unspecified atom stereocenters. The molecule has 6 nitrogen and oxygen atoms in total. The molecule has 1 fully saturated rings. The molecule has 0 bridgehead atoms. The van der Waals surface area contributed by atoms with Gasteiger partial charge in [-0.15, -0.1) is 10.2 Å². The molecule has 1 aliphatic rings. The van der Waals surface area contributed by atoms with Gasteiger partial charge in [-0.25, -0.2) is 4.79 Å². The van der Waals surface area contributed by atoms with Crippen LogP contribution in [0.5, 0.6) is 0 Å². The Morgan fingerprint density at radius 3 is 2.88 bits per heavy atom. The number of carbonyl (C=O) groups is 1. The summed E-state index contributed by atoms with van der Waals surface area (Å²) in [6, 6.07) is 9.93. The number of nitrogens with one attached hydrogen (secondary N) is 1. The van der Waals surface area contributed by atoms with Crippen LogP contribution in [0.15, 0.2) is 35.5 Å². The molecule has 1 saturated heterocycles. The van der Waals surface area contributed by atoms with E-state index >= 15 is 0 Å². The fraction of sp³-hybridized carbons (Fsp3) is 0.471. The van der Waals surface area contributed by atoms with Crippen LogP contribution < -0.4 is 5.32 Å². The molecule has 1 aliphatic heterocycles. The van der Waals surface area contributed by atoms with Crippen LogP contribution in [0.1, 0.15) is 37.2 Å². The molecule has 24 heavy (non-hydrogen) atoms. The van der Waals surface area contributed by atoms with Crippen molar-refractivity contribution in [1.29, 1.82) is 0 Å². The van der Waals surface area contributed by atoms with Gasteiger partial charge in [0.1, 0.15) is 0 Å². The summed E-state index contributed by atoms with van der Waals surface area (Å²) >= 11 is 1.67. The molecular weight excluding hydrogens is 322 g/mol. The van der Waals surface area contributed by atoms with Gasteiger partial charge in [0, 0.05) is 20.1 Å². The van der Waals surface area contributed by atoms with Gasteiger partial charge >= 0.3 is 6.03 Å². The number of thioether (sulfide) groups is 1. The van der Waals surface area contributed by atoms with Crippen LogP contribution in [-0.4, -0.2) is 38.0 Å². The lowest BCUT2D eigenvalue weighted by Gasteiger charge is -2.24. The Hall–Kier alpha value is -2.02. The highest BCUT2D eigenvalue weighted by atomic mass is 32.2. The molecule has 1 aromatic heterocycles. The maximum atomic E-state index is 12.6. The minimum Gasteiger partial charge on any atom is -0.334 e. The molecule has 3 rings (SSSR count). The lowest BCUT2D eigenvalue weighted by atomic mass is 10.2. The van der Waals surface area contributed by atoms with E-state index in [1.807, 2.05) is 46.8 Å². The third-order valence-electron chi connectivity index (χ3n) is 4.24. The molecule has 0 radical (unpaired) electrons. The first-order valence-electron chi connectivity index (χ1n) is 8.31. The summed E-state index contributed by atoms with van der Waals surface area (Å²) in [4.78, 5) is 14.5. The Kier molecular flexibility index (Phi) is 5.40. The van der Waals surface area contributed by atoms with Crippen LogP contribution in [-0.2, 0) is 13.6 Å². The summed E-state index contributed by atoms with van der Waals surface area (Å²) in [6.07, 6.45) is 1.92. The van der Waals surface area contributed by atoms with Gasteiger partial charge in [-0.3, -0.25) is 0 Å². The predicted octanol–water partition coefficient (Wildman–Crippen LogP) is 2.97. The van der Waals surface area contributed by atoms with Gasteiger partial charge in [0.25, 0.3) is 0 Å². The van der Waals surface area contributed by atoms with E-state index in [4.69, 9.17) is 0 Å². The van der Waals surface area contributed by atoms with Gasteiger partial charge in [0.15, 0.2) is 11.0 Å². The summed E-state index contributed by atoms with van der Waals surface area (Å²) < 4.78 is 2.02. The van der Waals surface area contributed by atoms with E-state index in [0.717, 1.165) is 41.7 Å². The molecule has 0 spiro atoms. The third kappa shape index (κ3) is 3.56. The van der Waals surface area contributed by atoms with Crippen LogP contribution in [0.2, 0.25) is 0 Å². The highest BCUT2D eigenvalue weighted by molar-refractivity contribution is 7.99. The van der Waals surface area contributed by atoms with Crippen molar-refractivity contribution in [2.24, 2.45) is 7.05 Å². The predicted molar refractivity (Wildman–Crippen MR) is 94.8 cm³/mol. The quantitative estimate of drug-likeness (QED) is 0.846. The molecule has 128 valence electrons. The fourth-order valence-corrected chi connectivity index (χ4v) is 3.67. The van der Waals surface area contributed by atoms with Crippen LogP contribution in [0.4, 0.5) is 4.79 Å². The van der Waals surface area contributed by atoms with Gasteiger partial charge in [-0.05, 0) is 24.2 Å². The summed E-state index contributed by atoms with van der Waals surface area (Å²) in [5.41, 5.74) is 1.10. The Morgan fingerprint density at radius 1 is 1.33 bits per heavy atom. The fourth-order valence-electron chi connectivity index (χ4n) is 3.02. The van der Waals surface area contributed by atoms with Crippen molar-refractivity contribution in [3.05, 3.63) is 41.7 Å². The van der Waals surface area contributed by atoms with Crippen molar-refractivity contribution >= 4 is 17.8 Å². The lowest BCUT2D eigenvalue weighted by Crippen LogP contribution is -2.39. The van der Waals surface area contributed by atoms with E-state index in [1.54, 1.807) is 11.8 Å². The molecule has 1 N–H and O–H groups in total. The highest BCUT2D eigenvalue weighted by Gasteiger charge is 2.33. The van der Waals surface area contributed by atoms with E-state index in [-0.39, 0.29) is 12.1 Å². The normalized spacial score (nSPS) is 17.2. The Bertz CT molecular complexity index is 688. The zero-order valence-electron chi connectivity index (χ0n) is 14.1. The number of urea groups is 1. The summed E-state index contributed by atoms with van der Waals surface area (Å²) in [5.74, 6) is 1.83. The van der Waals surface area contributed by atoms with Crippen molar-refractivity contribution in [1.82, 2.24) is 25.0 Å². The number of aromatic nitrogens is 3. The maximum Gasteiger partial charge on any atom is 0.318 e. The van der Waals surface area contributed by atoms with E-state index in [9.17, 15) is 4.79 Å². The van der Waals surface area contributed by atoms with Gasteiger partial charge < -0.3 is 14.8 Å². The number of hydrogen-bond donors (Lipinski definition) is 1. The maximum absolute atomic E-state index is 12.6. The second-order valence-corrected chi connectivity index (χ2v) is 7.06. The molecular formula is C17H23N5OS. The number of benzene rings is 1. The number of nitrogens with zero attached hydrogens (tertiary/aromatic N) is 4. The van der Waals surface area contributed by atoms with Crippen molar-refractivity contribution in [3.8, 4) is 0 Å². The minimum atomic E-state index is -0.0333. The summed E-state index contributed by atoms with van der Waals surface area (Å²) in [7, 11) is 1.98. The Morgan fingerprint density at radius 2 is 2.12 bits per heavy atom. The standard InChI is InChI=1S/C17H23N5OS/c1-3-24-17-20-19-15(21(17)2)14-10-7-11-22(14)16(23)18-12-13-8-5-4-6-9-13/h4-6,8-9,14H,3,7,10-12H2,1-2H3,(H,18,23). The SMILES string of the molecule is CCSc1nnc(C2CCCN2C(=O)NCc2ccccc2)n1C. The number of carbonyl (C=O) groups excluding carboxylic acids is 1. The largest absolute Gasteiger partial charge is 0.334 e. The molecule has 0 aliphatic carbocycles. The first-order chi connectivity index (χ1) is 11.7. The topological polar surface area (TPSA) is 63.1 Å². The van der Waals surface area contributed by atoms with Crippen molar-refractivity contribution in [2.75, 3.05) is 12.3 Å². The summed E-state index contributed by atoms with van der Waals surface area (Å²) in [6.45, 7) is 3.39. The van der Waals surface area contributed by atoms with Gasteiger partial charge in [-0.1, -0.05) is 49.0 Å². The van der Waals surface area contributed by atoms with E-state index in [1.165, 1.54) is 0 Å². The van der Waals surface area contributed by atoms with Crippen LogP contribution in [0, 0.1) is 0 Å². The average Bonchev–Trinajstić information content (AvgIpc) is 3.21. The lowest BCUT2D eigenvalue weighted by molar-refractivity contribution is 0.189. The smallest absolute Gasteiger partial charge is 0.318 e. The molecule has 2 aromatic rings. The number of likely N-dealkylation sites (tertiary alicyclic amines) is 1. The average molecular weight is 345 g/mol. The second-order valence-electron chi connectivity index (χ2n) is 5.83. The van der Waals surface area contributed by atoms with Crippen molar-refractivity contribution in [3.63, 3.8) is 0 Å². The highest BCUT2D eigenvalue weighted by Crippen LogP contribution is 2.32. The van der Waals surface area contributed by atoms with Gasteiger partial charge in [0.05, 0.1) is 6.04 Å². The van der Waals surface area contributed by atoms with Crippen LogP contribution >= 0.6 is 11.8 Å². The molecule has 1 atom stereocenters. The molecule has 7 heteroatoms. The van der Waals surface area contributed by atoms with Gasteiger partial charge in [-0.2, -0.15) is 0 Å². The second kappa shape index (κ2) is 7.70. The van der Waals surface area contributed by atoms with Crippen molar-refractivity contribution in [2.45, 2.75) is 37.5 Å². The monoisotopic (exact) mass is 345 g/mol. The van der Waals surface area contributed by atoms with Crippen molar-refractivity contribution < 1.29 is 4.79 Å². The van der Waals surface area contributed by atoms with E-state index in [2.05, 4.69) is 22.4 Å². The number of amides is 2. The first-order valence-corrected chi connectivity index (χ1v) is 9.29. The number of hydrogen-bond acceptors (Lipinski definition) is 4. The Balaban J connectivity index is 1.67. The Labute approximate surface area is 146 Å². The zero-order chi connectivity index (χ0) is 16.9. The minimum absolute atomic E-state index is 0.00415. The molecule has 2 amide bonds. The molecule has 0 saturated carbocycles. The first kappa shape index (κ1) is 16.8. The van der Waals surface area contributed by atoms with Gasteiger partial charge in [0.2, 0.25) is 0 Å². The van der Waals surface area contributed by atoms with E-state index in [0.29, 0.717) is 6.54 Å². The van der Waals surface area contributed by atoms with Crippen LogP contribution in [0.25, 0.3) is 0 Å². The van der Waals surface area contributed by atoms with Crippen LogP contribution in [0.3, 0.4) is 0 Å². The number of rotatable bonds is 5. The molecule has 2 heterocycles. The third-order valence-corrected chi connectivity index (χ3v) is 5.14. The van der Waals surface area contributed by atoms with E-state index < -0.39 is 0 Å². The molecule has 1 aromatic carbocycles.